The minimum atomic E-state index is -0.377. The molecule has 0 aliphatic carbocycles. The van der Waals surface area contributed by atoms with Crippen molar-refractivity contribution in [2.24, 2.45) is 0 Å². The van der Waals surface area contributed by atoms with E-state index in [2.05, 4.69) is 11.8 Å². The molecule has 0 unspecified atom stereocenters. The number of benzene rings is 2. The lowest BCUT2D eigenvalue weighted by Crippen LogP contribution is -2.04. The predicted molar refractivity (Wildman–Crippen MR) is 89.4 cm³/mol. The average Bonchev–Trinajstić information content (AvgIpc) is 2.56. The van der Waals surface area contributed by atoms with Gasteiger partial charge in [-0.15, -0.1) is 0 Å². The van der Waals surface area contributed by atoms with Crippen LogP contribution in [0.3, 0.4) is 0 Å². The molecule has 0 heterocycles. The van der Waals surface area contributed by atoms with Gasteiger partial charge in [-0.3, -0.25) is 0 Å². The van der Waals surface area contributed by atoms with Gasteiger partial charge in [-0.05, 0) is 35.9 Å². The molecule has 0 fully saturated rings. The maximum atomic E-state index is 11.8. The SMILES string of the molecule is COC(=O)/C(=C/c1ccc(Cl)cc1)CC#Cc1ccccc1. The number of carbonyl (C=O) groups excluding carboxylic acids is 1. The molecule has 2 aromatic carbocycles. The van der Waals surface area contributed by atoms with E-state index in [0.29, 0.717) is 17.0 Å². The Hall–Kier alpha value is -2.50. The van der Waals surface area contributed by atoms with Gasteiger partial charge in [0.05, 0.1) is 7.11 Å². The second-order valence-corrected chi connectivity index (χ2v) is 4.99. The molecule has 0 spiro atoms. The number of rotatable bonds is 3. The van der Waals surface area contributed by atoms with Gasteiger partial charge in [-0.1, -0.05) is 53.8 Å². The Balaban J connectivity index is 2.18. The zero-order chi connectivity index (χ0) is 15.8. The van der Waals surface area contributed by atoms with Crippen LogP contribution in [0.2, 0.25) is 5.02 Å². The summed E-state index contributed by atoms with van der Waals surface area (Å²) in [6.45, 7) is 0. The maximum Gasteiger partial charge on any atom is 0.334 e. The summed E-state index contributed by atoms with van der Waals surface area (Å²) in [5, 5.41) is 0.653. The first-order chi connectivity index (χ1) is 10.7. The van der Waals surface area contributed by atoms with Crippen molar-refractivity contribution in [2.45, 2.75) is 6.42 Å². The molecular formula is C19H15ClO2. The number of ether oxygens (including phenoxy) is 1. The lowest BCUT2D eigenvalue weighted by molar-refractivity contribution is -0.136. The predicted octanol–water partition coefficient (Wildman–Crippen LogP) is 4.34. The molecule has 0 aromatic heterocycles. The van der Waals surface area contributed by atoms with Gasteiger partial charge in [0.1, 0.15) is 0 Å². The van der Waals surface area contributed by atoms with Gasteiger partial charge in [0.25, 0.3) is 0 Å². The molecule has 110 valence electrons. The number of hydrogen-bond acceptors (Lipinski definition) is 2. The summed E-state index contributed by atoms with van der Waals surface area (Å²) in [4.78, 5) is 11.8. The van der Waals surface area contributed by atoms with Gasteiger partial charge in [-0.2, -0.15) is 0 Å². The maximum absolute atomic E-state index is 11.8. The fraction of sp³-hybridized carbons (Fsp3) is 0.105. The van der Waals surface area contributed by atoms with Crippen LogP contribution >= 0.6 is 11.6 Å². The molecule has 2 aromatic rings. The van der Waals surface area contributed by atoms with Gasteiger partial charge in [0.15, 0.2) is 0 Å². The molecule has 0 aliphatic heterocycles. The van der Waals surface area contributed by atoms with E-state index in [0.717, 1.165) is 11.1 Å². The lowest BCUT2D eigenvalue weighted by Gasteiger charge is -2.02. The molecule has 0 aliphatic rings. The smallest absolute Gasteiger partial charge is 0.334 e. The van der Waals surface area contributed by atoms with E-state index < -0.39 is 0 Å². The van der Waals surface area contributed by atoms with Crippen LogP contribution in [0.5, 0.6) is 0 Å². The van der Waals surface area contributed by atoms with Crippen molar-refractivity contribution in [3.05, 3.63) is 76.3 Å². The molecule has 0 saturated carbocycles. The fourth-order valence-corrected chi connectivity index (χ4v) is 1.96. The van der Waals surface area contributed by atoms with Gasteiger partial charge >= 0.3 is 5.97 Å². The Labute approximate surface area is 135 Å². The minimum Gasteiger partial charge on any atom is -0.466 e. The van der Waals surface area contributed by atoms with Crippen LogP contribution in [0.1, 0.15) is 17.5 Å². The van der Waals surface area contributed by atoms with Gasteiger partial charge in [-0.25, -0.2) is 4.79 Å². The van der Waals surface area contributed by atoms with Gasteiger partial charge < -0.3 is 4.74 Å². The van der Waals surface area contributed by atoms with Crippen LogP contribution in [-0.2, 0) is 9.53 Å². The summed E-state index contributed by atoms with van der Waals surface area (Å²) in [5.74, 6) is 5.66. The first-order valence-electron chi connectivity index (χ1n) is 6.77. The lowest BCUT2D eigenvalue weighted by atomic mass is 10.1. The molecule has 0 radical (unpaired) electrons. The molecule has 22 heavy (non-hydrogen) atoms. The second-order valence-electron chi connectivity index (χ2n) is 4.56. The van der Waals surface area contributed by atoms with E-state index >= 15 is 0 Å². The van der Waals surface area contributed by atoms with Crippen molar-refractivity contribution in [2.75, 3.05) is 7.11 Å². The highest BCUT2D eigenvalue weighted by molar-refractivity contribution is 6.30. The zero-order valence-corrected chi connectivity index (χ0v) is 12.9. The molecule has 0 N–H and O–H groups in total. The van der Waals surface area contributed by atoms with Crippen molar-refractivity contribution in [3.8, 4) is 11.8 Å². The zero-order valence-electron chi connectivity index (χ0n) is 12.2. The van der Waals surface area contributed by atoms with Crippen LogP contribution in [-0.4, -0.2) is 13.1 Å². The van der Waals surface area contributed by atoms with Gasteiger partial charge in [0.2, 0.25) is 0 Å². The van der Waals surface area contributed by atoms with Crippen LogP contribution in [0.4, 0.5) is 0 Å². The molecule has 0 amide bonds. The van der Waals surface area contributed by atoms with Crippen LogP contribution in [0.25, 0.3) is 6.08 Å². The Bertz CT molecular complexity index is 720. The highest BCUT2D eigenvalue weighted by Crippen LogP contribution is 2.14. The molecule has 2 nitrogen and oxygen atoms in total. The Morgan fingerprint density at radius 1 is 1.14 bits per heavy atom. The normalized spacial score (nSPS) is 10.5. The van der Waals surface area contributed by atoms with E-state index in [1.807, 2.05) is 42.5 Å². The Morgan fingerprint density at radius 3 is 2.45 bits per heavy atom. The van der Waals surface area contributed by atoms with Crippen LogP contribution in [0, 0.1) is 11.8 Å². The highest BCUT2D eigenvalue weighted by Gasteiger charge is 2.08. The Morgan fingerprint density at radius 2 is 1.82 bits per heavy atom. The summed E-state index contributed by atoms with van der Waals surface area (Å²) in [7, 11) is 1.36. The first-order valence-corrected chi connectivity index (χ1v) is 7.15. The molecule has 0 bridgehead atoms. The summed E-state index contributed by atoms with van der Waals surface area (Å²) in [6.07, 6.45) is 2.09. The third-order valence-corrected chi connectivity index (χ3v) is 3.20. The van der Waals surface area contributed by atoms with Crippen molar-refractivity contribution in [1.29, 1.82) is 0 Å². The standard InChI is InChI=1S/C19H15ClO2/c1-22-19(21)17(14-16-10-12-18(20)13-11-16)9-5-8-15-6-3-2-4-7-15/h2-4,6-7,10-14H,9H2,1H3/b17-14+. The van der Waals surface area contributed by atoms with E-state index in [1.54, 1.807) is 18.2 Å². The quantitative estimate of drug-likeness (QED) is 0.479. The summed E-state index contributed by atoms with van der Waals surface area (Å²) < 4.78 is 4.81. The summed E-state index contributed by atoms with van der Waals surface area (Å²) >= 11 is 5.85. The van der Waals surface area contributed by atoms with E-state index in [9.17, 15) is 4.79 Å². The fourth-order valence-electron chi connectivity index (χ4n) is 1.84. The Kier molecular flexibility index (Phi) is 5.82. The number of methoxy groups -OCH3 is 1. The summed E-state index contributed by atoms with van der Waals surface area (Å²) in [5.41, 5.74) is 2.30. The monoisotopic (exact) mass is 310 g/mol. The number of esters is 1. The molecule has 2 rings (SSSR count). The molecule has 3 heteroatoms. The third-order valence-electron chi connectivity index (χ3n) is 2.94. The molecular weight excluding hydrogens is 296 g/mol. The first kappa shape index (κ1) is 15.9. The van der Waals surface area contributed by atoms with Crippen molar-refractivity contribution < 1.29 is 9.53 Å². The largest absolute Gasteiger partial charge is 0.466 e. The van der Waals surface area contributed by atoms with E-state index in [1.165, 1.54) is 7.11 Å². The number of hydrogen-bond donors (Lipinski definition) is 0. The average molecular weight is 311 g/mol. The second kappa shape index (κ2) is 8.07. The summed E-state index contributed by atoms with van der Waals surface area (Å²) in [6, 6.07) is 16.9. The number of halogens is 1. The minimum absolute atomic E-state index is 0.324. The topological polar surface area (TPSA) is 26.3 Å². The van der Waals surface area contributed by atoms with Crippen molar-refractivity contribution >= 4 is 23.6 Å². The third kappa shape index (κ3) is 4.80. The molecule has 0 saturated heterocycles. The highest BCUT2D eigenvalue weighted by atomic mass is 35.5. The van der Waals surface area contributed by atoms with Crippen molar-refractivity contribution in [1.82, 2.24) is 0 Å². The number of carbonyl (C=O) groups is 1. The molecule has 0 atom stereocenters. The van der Waals surface area contributed by atoms with E-state index in [4.69, 9.17) is 16.3 Å². The van der Waals surface area contributed by atoms with E-state index in [-0.39, 0.29) is 5.97 Å². The van der Waals surface area contributed by atoms with Crippen molar-refractivity contribution in [3.63, 3.8) is 0 Å². The van der Waals surface area contributed by atoms with Crippen LogP contribution in [0.15, 0.2) is 60.2 Å². The van der Waals surface area contributed by atoms with Crippen LogP contribution < -0.4 is 0 Å². The van der Waals surface area contributed by atoms with Gasteiger partial charge in [0, 0.05) is 22.6 Å².